The van der Waals surface area contributed by atoms with Gasteiger partial charge in [0.2, 0.25) is 5.95 Å². The number of hydrogen-bond donors (Lipinski definition) is 2. The number of carboxylic acid groups (broad SMARTS) is 1. The molecule has 0 atom stereocenters. The van der Waals surface area contributed by atoms with Gasteiger partial charge in [-0.15, -0.1) is 0 Å². The predicted octanol–water partition coefficient (Wildman–Crippen LogP) is 1.80. The number of alkyl halides is 3. The van der Waals surface area contributed by atoms with E-state index < -0.39 is 29.9 Å². The van der Waals surface area contributed by atoms with Crippen LogP contribution in [0.15, 0.2) is 45.5 Å². The van der Waals surface area contributed by atoms with Gasteiger partial charge in [-0.2, -0.15) is 18.2 Å². The number of anilines is 1. The number of aromatic nitrogens is 4. The maximum atomic E-state index is 13.6. The summed E-state index contributed by atoms with van der Waals surface area (Å²) in [5.41, 5.74) is 0.924. The maximum Gasteiger partial charge on any atom is 0.490 e. The minimum atomic E-state index is -5.08. The van der Waals surface area contributed by atoms with E-state index in [2.05, 4.69) is 10.2 Å². The molecule has 0 spiro atoms. The van der Waals surface area contributed by atoms with Crippen molar-refractivity contribution in [2.75, 3.05) is 38.2 Å². The minimum Gasteiger partial charge on any atom is -0.496 e. The molecule has 1 saturated heterocycles. The second-order valence-corrected chi connectivity index (χ2v) is 9.37. The number of ketones is 1. The third kappa shape index (κ3) is 7.03. The number of piperazine rings is 1. The highest BCUT2D eigenvalue weighted by Gasteiger charge is 2.38. The number of Topliss-reactive ketones (excluding diaryl/α,β-unsaturated/α-hetero) is 1. The van der Waals surface area contributed by atoms with Crippen molar-refractivity contribution in [3.63, 3.8) is 0 Å². The number of nitrogens with zero attached hydrogens (tertiary/aromatic N) is 5. The van der Waals surface area contributed by atoms with Crippen molar-refractivity contribution in [3.8, 4) is 5.75 Å². The molecular weight excluding hydrogens is 549 g/mol. The van der Waals surface area contributed by atoms with Crippen LogP contribution in [0.4, 0.5) is 19.1 Å². The number of para-hydroxylation sites is 1. The molecule has 1 aromatic carbocycles. The second-order valence-electron chi connectivity index (χ2n) is 9.37. The summed E-state index contributed by atoms with van der Waals surface area (Å²) < 4.78 is 41.2. The van der Waals surface area contributed by atoms with Crippen LogP contribution in [-0.4, -0.2) is 75.0 Å². The monoisotopic (exact) mass is 580 g/mol. The van der Waals surface area contributed by atoms with Crippen LogP contribution in [0.1, 0.15) is 24.2 Å². The zero-order valence-electron chi connectivity index (χ0n) is 23.0. The molecule has 0 bridgehead atoms. The molecule has 1 aliphatic heterocycles. The summed E-state index contributed by atoms with van der Waals surface area (Å²) in [6, 6.07) is 6.77. The lowest BCUT2D eigenvalue weighted by Gasteiger charge is -2.28. The van der Waals surface area contributed by atoms with E-state index >= 15 is 0 Å². The first-order valence-electron chi connectivity index (χ1n) is 12.5. The fourth-order valence-electron chi connectivity index (χ4n) is 4.16. The van der Waals surface area contributed by atoms with Crippen LogP contribution in [0, 0.1) is 0 Å². The van der Waals surface area contributed by atoms with Crippen molar-refractivity contribution >= 4 is 28.9 Å². The van der Waals surface area contributed by atoms with Gasteiger partial charge in [-0.1, -0.05) is 23.8 Å². The molecule has 3 heterocycles. The van der Waals surface area contributed by atoms with E-state index in [-0.39, 0.29) is 5.78 Å². The summed E-state index contributed by atoms with van der Waals surface area (Å²) in [7, 11) is 3.05. The van der Waals surface area contributed by atoms with E-state index in [0.717, 1.165) is 36.3 Å². The van der Waals surface area contributed by atoms with Crippen LogP contribution in [0.5, 0.6) is 5.75 Å². The second kappa shape index (κ2) is 12.8. The maximum absolute atomic E-state index is 13.6. The lowest BCUT2D eigenvalue weighted by Crippen LogP contribution is -2.44. The van der Waals surface area contributed by atoms with Crippen molar-refractivity contribution < 1.29 is 32.6 Å². The number of allylic oxidation sites excluding steroid dienone is 2. The van der Waals surface area contributed by atoms with Gasteiger partial charge in [-0.3, -0.25) is 18.7 Å². The third-order valence-electron chi connectivity index (χ3n) is 6.25. The largest absolute Gasteiger partial charge is 0.496 e. The minimum absolute atomic E-state index is 0.306. The number of carboxylic acids is 1. The number of aliphatic carboxylic acids is 1. The first-order valence-corrected chi connectivity index (χ1v) is 12.5. The van der Waals surface area contributed by atoms with Crippen molar-refractivity contribution in [2.45, 2.75) is 33.1 Å². The average Bonchev–Trinajstić information content (AvgIpc) is 3.33. The van der Waals surface area contributed by atoms with E-state index in [0.29, 0.717) is 35.0 Å². The molecular formula is C26H31F3N6O6. The van der Waals surface area contributed by atoms with Crippen LogP contribution >= 0.6 is 0 Å². The van der Waals surface area contributed by atoms with Crippen LogP contribution in [-0.2, 0) is 24.9 Å². The highest BCUT2D eigenvalue weighted by molar-refractivity contribution is 5.98. The zero-order chi connectivity index (χ0) is 30.5. The normalized spacial score (nSPS) is 13.4. The molecule has 2 N–H and O–H groups in total. The fraction of sp³-hybridized carbons (Fsp3) is 0.423. The Kier molecular flexibility index (Phi) is 9.75. The molecule has 41 heavy (non-hydrogen) atoms. The Morgan fingerprint density at radius 1 is 1.12 bits per heavy atom. The Hall–Kier alpha value is -4.40. The molecule has 1 fully saturated rings. The Morgan fingerprint density at radius 2 is 1.73 bits per heavy atom. The summed E-state index contributed by atoms with van der Waals surface area (Å²) in [4.78, 5) is 55.6. The first kappa shape index (κ1) is 31.1. The number of carbonyl (C=O) groups excluding carboxylic acids is 1. The number of hydrogen-bond acceptors (Lipinski definition) is 8. The Labute approximate surface area is 232 Å². The molecule has 1 aliphatic rings. The Morgan fingerprint density at radius 3 is 2.29 bits per heavy atom. The van der Waals surface area contributed by atoms with Gasteiger partial charge in [0, 0.05) is 39.8 Å². The lowest BCUT2D eigenvalue weighted by atomic mass is 10.1. The molecule has 2 aromatic heterocycles. The smallest absolute Gasteiger partial charge is 0.490 e. The Bertz CT molecular complexity index is 1580. The van der Waals surface area contributed by atoms with Gasteiger partial charge in [0.1, 0.15) is 5.75 Å². The fourth-order valence-corrected chi connectivity index (χ4v) is 4.16. The molecule has 3 aromatic rings. The van der Waals surface area contributed by atoms with Gasteiger partial charge >= 0.3 is 17.8 Å². The number of imidazole rings is 1. The van der Waals surface area contributed by atoms with Crippen molar-refractivity contribution in [1.82, 2.24) is 24.0 Å². The molecule has 4 rings (SSSR count). The quantitative estimate of drug-likeness (QED) is 0.316. The van der Waals surface area contributed by atoms with Crippen molar-refractivity contribution in [1.29, 1.82) is 0 Å². The highest BCUT2D eigenvalue weighted by atomic mass is 19.4. The summed E-state index contributed by atoms with van der Waals surface area (Å²) in [5.74, 6) is -2.09. The molecule has 15 heteroatoms. The van der Waals surface area contributed by atoms with Crippen LogP contribution < -0.4 is 26.2 Å². The number of carbonyl (C=O) groups is 2. The molecule has 0 aliphatic carbocycles. The van der Waals surface area contributed by atoms with E-state index in [4.69, 9.17) is 19.6 Å². The van der Waals surface area contributed by atoms with Crippen LogP contribution in [0.25, 0.3) is 11.2 Å². The number of halogens is 3. The summed E-state index contributed by atoms with van der Waals surface area (Å²) in [6.45, 7) is 7.13. The van der Waals surface area contributed by atoms with Gasteiger partial charge in [-0.05, 0) is 26.0 Å². The SMILES string of the molecule is COc1ccccc1C(=O)Cn1c(=O)c2c(nc(N3CCNCC3)n2CC=C(C)C)n(C)c1=O.O=C(O)C(F)(F)F. The van der Waals surface area contributed by atoms with Gasteiger partial charge < -0.3 is 24.6 Å². The van der Waals surface area contributed by atoms with E-state index in [1.165, 1.54) is 11.7 Å². The molecule has 0 radical (unpaired) electrons. The zero-order valence-corrected chi connectivity index (χ0v) is 23.0. The summed E-state index contributed by atoms with van der Waals surface area (Å²) >= 11 is 0. The highest BCUT2D eigenvalue weighted by Crippen LogP contribution is 2.21. The van der Waals surface area contributed by atoms with Crippen LogP contribution in [0.2, 0.25) is 0 Å². The number of nitrogens with one attached hydrogen (secondary N) is 1. The van der Waals surface area contributed by atoms with Gasteiger partial charge in [0.05, 0.1) is 19.2 Å². The number of methoxy groups -OCH3 is 1. The van der Waals surface area contributed by atoms with Crippen molar-refractivity contribution in [3.05, 3.63) is 62.3 Å². The number of aryl methyl sites for hydroxylation is 1. The van der Waals surface area contributed by atoms with E-state index in [9.17, 15) is 27.6 Å². The molecule has 12 nitrogen and oxygen atoms in total. The van der Waals surface area contributed by atoms with Gasteiger partial charge in [0.25, 0.3) is 5.56 Å². The molecule has 0 unspecified atom stereocenters. The van der Waals surface area contributed by atoms with Gasteiger partial charge in [-0.25, -0.2) is 9.59 Å². The molecule has 0 amide bonds. The number of ether oxygens (including phenoxy) is 1. The standard InChI is InChI=1S/C24H30N6O4.C2HF3O2/c1-16(2)9-12-29-20-21(26-23(29)28-13-10-25-11-14-28)27(3)24(33)30(22(20)32)15-18(31)17-7-5-6-8-19(17)34-4;3-2(4,5)1(6)7/h5-9,25H,10-15H2,1-4H3;(H,6,7). The van der Waals surface area contributed by atoms with Gasteiger partial charge in [0.15, 0.2) is 16.9 Å². The van der Waals surface area contributed by atoms with Crippen molar-refractivity contribution in [2.24, 2.45) is 7.05 Å². The van der Waals surface area contributed by atoms with E-state index in [1.807, 2.05) is 24.5 Å². The van der Waals surface area contributed by atoms with Crippen LogP contribution in [0.3, 0.4) is 0 Å². The predicted molar refractivity (Wildman–Crippen MR) is 145 cm³/mol. The topological polar surface area (TPSA) is 141 Å². The summed E-state index contributed by atoms with van der Waals surface area (Å²) in [6.07, 6.45) is -3.07. The summed E-state index contributed by atoms with van der Waals surface area (Å²) in [5, 5.41) is 10.4. The third-order valence-corrected chi connectivity index (χ3v) is 6.25. The molecule has 0 saturated carbocycles. The number of rotatable bonds is 7. The number of benzene rings is 1. The number of fused-ring (bicyclic) bond motifs is 1. The first-order chi connectivity index (χ1) is 19.3. The lowest BCUT2D eigenvalue weighted by molar-refractivity contribution is -0.192. The Balaban J connectivity index is 0.000000587. The average molecular weight is 581 g/mol. The van der Waals surface area contributed by atoms with E-state index in [1.54, 1.807) is 31.3 Å². The molecule has 222 valence electrons.